The van der Waals surface area contributed by atoms with Crippen molar-refractivity contribution in [1.82, 2.24) is 20.2 Å². The number of H-pyrrole nitrogens is 1. The van der Waals surface area contributed by atoms with Gasteiger partial charge < -0.3 is 15.2 Å². The molecular weight excluding hydrogens is 232 g/mol. The monoisotopic (exact) mass is 252 g/mol. The molecule has 0 radical (unpaired) electrons. The van der Waals surface area contributed by atoms with Crippen LogP contribution in [0.5, 0.6) is 0 Å². The van der Waals surface area contributed by atoms with Crippen LogP contribution in [0.3, 0.4) is 0 Å². The molecule has 0 spiro atoms. The van der Waals surface area contributed by atoms with E-state index in [1.165, 1.54) is 4.90 Å². The van der Waals surface area contributed by atoms with Gasteiger partial charge >= 0.3 is 0 Å². The first-order valence-electron chi connectivity index (χ1n) is 5.84. The minimum absolute atomic E-state index is 0.0315. The molecule has 6 heteroatoms. The van der Waals surface area contributed by atoms with Crippen LogP contribution in [0, 0.1) is 13.8 Å². The van der Waals surface area contributed by atoms with Crippen molar-refractivity contribution in [2.24, 2.45) is 0 Å². The third kappa shape index (κ3) is 3.40. The Labute approximate surface area is 106 Å². The van der Waals surface area contributed by atoms with Crippen molar-refractivity contribution in [3.63, 3.8) is 0 Å². The van der Waals surface area contributed by atoms with Gasteiger partial charge in [-0.1, -0.05) is 0 Å². The number of carbonyl (C=O) groups excluding carboxylic acids is 1. The number of nitrogens with one attached hydrogen (secondary N) is 2. The van der Waals surface area contributed by atoms with Gasteiger partial charge in [0.25, 0.3) is 5.56 Å². The van der Waals surface area contributed by atoms with Crippen LogP contribution >= 0.6 is 0 Å². The lowest BCUT2D eigenvalue weighted by Gasteiger charge is -2.17. The minimum Gasteiger partial charge on any atom is -0.348 e. The van der Waals surface area contributed by atoms with Crippen molar-refractivity contribution in [3.05, 3.63) is 27.4 Å². The molecular formula is C12H20N4O2. The van der Waals surface area contributed by atoms with Gasteiger partial charge in [-0.15, -0.1) is 0 Å². The van der Waals surface area contributed by atoms with E-state index in [4.69, 9.17) is 0 Å². The van der Waals surface area contributed by atoms with Crippen LogP contribution in [0.2, 0.25) is 0 Å². The fourth-order valence-electron chi connectivity index (χ4n) is 1.75. The molecule has 0 saturated carbocycles. The Bertz CT molecular complexity index is 493. The molecule has 1 aromatic heterocycles. The maximum atomic E-state index is 11.8. The van der Waals surface area contributed by atoms with Crippen molar-refractivity contribution < 1.29 is 4.79 Å². The number of amides is 1. The summed E-state index contributed by atoms with van der Waals surface area (Å²) in [6.07, 6.45) is 0. The number of likely N-dealkylation sites (N-methyl/N-ethyl adjacent to an activating group) is 1. The Hall–Kier alpha value is -1.69. The maximum absolute atomic E-state index is 11.8. The lowest BCUT2D eigenvalue weighted by Crippen LogP contribution is -2.36. The molecule has 0 saturated heterocycles. The Kier molecular flexibility index (Phi) is 4.61. The second-order valence-electron chi connectivity index (χ2n) is 4.54. The van der Waals surface area contributed by atoms with E-state index in [9.17, 15) is 9.59 Å². The first-order valence-corrected chi connectivity index (χ1v) is 5.84. The van der Waals surface area contributed by atoms with Crippen molar-refractivity contribution in [1.29, 1.82) is 0 Å². The van der Waals surface area contributed by atoms with Crippen LogP contribution in [0.1, 0.15) is 30.0 Å². The van der Waals surface area contributed by atoms with Gasteiger partial charge in [-0.25, -0.2) is 4.98 Å². The zero-order chi connectivity index (χ0) is 13.9. The van der Waals surface area contributed by atoms with Gasteiger partial charge in [0.1, 0.15) is 5.82 Å². The Morgan fingerprint density at radius 1 is 1.44 bits per heavy atom. The molecule has 0 aliphatic rings. The molecule has 0 bridgehead atoms. The quantitative estimate of drug-likeness (QED) is 0.798. The summed E-state index contributed by atoms with van der Waals surface area (Å²) in [5, 5.41) is 3.03. The normalized spacial score (nSPS) is 12.3. The van der Waals surface area contributed by atoms with E-state index in [0.717, 1.165) is 0 Å². The summed E-state index contributed by atoms with van der Waals surface area (Å²) in [6, 6.07) is -0.217. The number of aromatic amines is 1. The minimum atomic E-state index is -0.217. The topological polar surface area (TPSA) is 78.1 Å². The SMILES string of the molecule is Cc1nc(C)c(C(C)NCC(=O)N(C)C)c(=O)[nH]1. The zero-order valence-corrected chi connectivity index (χ0v) is 11.5. The molecule has 1 aromatic rings. The highest BCUT2D eigenvalue weighted by molar-refractivity contribution is 5.77. The van der Waals surface area contributed by atoms with Crippen molar-refractivity contribution in [2.45, 2.75) is 26.8 Å². The molecule has 1 heterocycles. The van der Waals surface area contributed by atoms with Crippen molar-refractivity contribution >= 4 is 5.91 Å². The molecule has 1 unspecified atom stereocenters. The zero-order valence-electron chi connectivity index (χ0n) is 11.5. The van der Waals surface area contributed by atoms with E-state index < -0.39 is 0 Å². The number of aryl methyl sites for hydroxylation is 2. The van der Waals surface area contributed by atoms with Crippen molar-refractivity contribution in [3.8, 4) is 0 Å². The molecule has 18 heavy (non-hydrogen) atoms. The third-order valence-electron chi connectivity index (χ3n) is 2.76. The Morgan fingerprint density at radius 2 is 2.06 bits per heavy atom. The molecule has 0 aromatic carbocycles. The largest absolute Gasteiger partial charge is 0.348 e. The molecule has 100 valence electrons. The van der Waals surface area contributed by atoms with Crippen LogP contribution < -0.4 is 10.9 Å². The molecule has 1 rings (SSSR count). The second-order valence-corrected chi connectivity index (χ2v) is 4.54. The van der Waals surface area contributed by atoms with Gasteiger partial charge in [0.15, 0.2) is 0 Å². The summed E-state index contributed by atoms with van der Waals surface area (Å²) in [5.41, 5.74) is 1.11. The van der Waals surface area contributed by atoms with Gasteiger partial charge in [-0.2, -0.15) is 0 Å². The van der Waals surface area contributed by atoms with Crippen molar-refractivity contribution in [2.75, 3.05) is 20.6 Å². The molecule has 1 amide bonds. The second kappa shape index (κ2) is 5.77. The molecule has 2 N–H and O–H groups in total. The van der Waals surface area contributed by atoms with Gasteiger partial charge in [-0.3, -0.25) is 9.59 Å². The fraction of sp³-hybridized carbons (Fsp3) is 0.583. The van der Waals surface area contributed by atoms with Gasteiger partial charge in [0.05, 0.1) is 12.1 Å². The summed E-state index contributed by atoms with van der Waals surface area (Å²) in [6.45, 7) is 5.58. The van der Waals surface area contributed by atoms with Crippen LogP contribution in [-0.2, 0) is 4.79 Å². The van der Waals surface area contributed by atoms with Gasteiger partial charge in [0.2, 0.25) is 5.91 Å². The maximum Gasteiger partial charge on any atom is 0.255 e. The number of rotatable bonds is 4. The number of hydrogen-bond acceptors (Lipinski definition) is 4. The van der Waals surface area contributed by atoms with Gasteiger partial charge in [0, 0.05) is 25.8 Å². The van der Waals surface area contributed by atoms with E-state index in [1.54, 1.807) is 27.9 Å². The van der Waals surface area contributed by atoms with Crippen LogP contribution in [0.15, 0.2) is 4.79 Å². The Balaban J connectivity index is 2.82. The molecule has 0 fully saturated rings. The van der Waals surface area contributed by atoms with Gasteiger partial charge in [-0.05, 0) is 20.8 Å². The first kappa shape index (κ1) is 14.4. The predicted molar refractivity (Wildman–Crippen MR) is 69.4 cm³/mol. The third-order valence-corrected chi connectivity index (χ3v) is 2.76. The highest BCUT2D eigenvalue weighted by Crippen LogP contribution is 2.10. The number of carbonyl (C=O) groups is 1. The lowest BCUT2D eigenvalue weighted by atomic mass is 10.1. The highest BCUT2D eigenvalue weighted by atomic mass is 16.2. The molecule has 0 aliphatic heterocycles. The number of hydrogen-bond donors (Lipinski definition) is 2. The van der Waals surface area contributed by atoms with E-state index in [2.05, 4.69) is 15.3 Å². The van der Waals surface area contributed by atoms with Crippen LogP contribution in [0.25, 0.3) is 0 Å². The summed E-state index contributed by atoms with van der Waals surface area (Å²) in [4.78, 5) is 31.7. The Morgan fingerprint density at radius 3 is 2.56 bits per heavy atom. The average molecular weight is 252 g/mol. The number of aromatic nitrogens is 2. The summed E-state index contributed by atoms with van der Waals surface area (Å²) >= 11 is 0. The smallest absolute Gasteiger partial charge is 0.255 e. The molecule has 1 atom stereocenters. The standard InChI is InChI=1S/C12H20N4O2/c1-7(13-6-10(17)16(4)5)11-8(2)14-9(3)15-12(11)18/h7,13H,6H2,1-5H3,(H,14,15,18). The highest BCUT2D eigenvalue weighted by Gasteiger charge is 2.15. The lowest BCUT2D eigenvalue weighted by molar-refractivity contribution is -0.127. The summed E-state index contributed by atoms with van der Waals surface area (Å²) < 4.78 is 0. The summed E-state index contributed by atoms with van der Waals surface area (Å²) in [5.74, 6) is 0.564. The van der Waals surface area contributed by atoms with E-state index in [1.807, 2.05) is 6.92 Å². The van der Waals surface area contributed by atoms with Crippen LogP contribution in [-0.4, -0.2) is 41.4 Å². The first-order chi connectivity index (χ1) is 8.32. The van der Waals surface area contributed by atoms with E-state index in [-0.39, 0.29) is 24.1 Å². The average Bonchev–Trinajstić information content (AvgIpc) is 2.24. The fourth-order valence-corrected chi connectivity index (χ4v) is 1.75. The predicted octanol–water partition coefficient (Wildman–Crippen LogP) is 0.126. The molecule has 6 nitrogen and oxygen atoms in total. The number of nitrogens with zero attached hydrogens (tertiary/aromatic N) is 2. The van der Waals surface area contributed by atoms with E-state index in [0.29, 0.717) is 17.1 Å². The molecule has 0 aliphatic carbocycles. The summed E-state index contributed by atoms with van der Waals surface area (Å²) in [7, 11) is 3.39. The van der Waals surface area contributed by atoms with E-state index >= 15 is 0 Å². The van der Waals surface area contributed by atoms with Crippen LogP contribution in [0.4, 0.5) is 0 Å².